The van der Waals surface area contributed by atoms with Crippen molar-refractivity contribution in [2.45, 2.75) is 6.92 Å². The first kappa shape index (κ1) is 13.8. The van der Waals surface area contributed by atoms with Crippen molar-refractivity contribution in [3.8, 4) is 6.07 Å². The number of hydrogen-bond donors (Lipinski definition) is 2. The van der Waals surface area contributed by atoms with Gasteiger partial charge < -0.3 is 11.1 Å². The molecule has 0 fully saturated rings. The molecule has 0 bridgehead atoms. The van der Waals surface area contributed by atoms with Gasteiger partial charge in [0.05, 0.1) is 16.3 Å². The smallest absolute Gasteiger partial charge is 0.274 e. The Morgan fingerprint density at radius 2 is 2.20 bits per heavy atom. The van der Waals surface area contributed by atoms with E-state index in [1.807, 2.05) is 13.0 Å². The summed E-state index contributed by atoms with van der Waals surface area (Å²) in [4.78, 5) is 16.0. The first-order chi connectivity index (χ1) is 9.51. The molecular weight excluding hydrogens is 276 g/mol. The third-order valence-electron chi connectivity index (χ3n) is 2.72. The van der Waals surface area contributed by atoms with Crippen LogP contribution in [0.15, 0.2) is 30.5 Å². The van der Waals surface area contributed by atoms with Gasteiger partial charge in [-0.3, -0.25) is 4.79 Å². The van der Waals surface area contributed by atoms with Crippen molar-refractivity contribution in [1.29, 1.82) is 5.26 Å². The molecule has 0 aliphatic carbocycles. The van der Waals surface area contributed by atoms with Gasteiger partial charge in [0, 0.05) is 11.9 Å². The number of nitrogen functional groups attached to an aromatic ring is 1. The number of carbonyl (C=O) groups is 1. The molecule has 20 heavy (non-hydrogen) atoms. The Morgan fingerprint density at radius 1 is 1.45 bits per heavy atom. The quantitative estimate of drug-likeness (QED) is 0.830. The number of nitrogens with two attached hydrogens (primary N) is 1. The number of carbonyl (C=O) groups excluding carboxylic acids is 1. The minimum Gasteiger partial charge on any atom is -0.398 e. The van der Waals surface area contributed by atoms with Gasteiger partial charge in [0.25, 0.3) is 5.91 Å². The molecule has 3 N–H and O–H groups in total. The number of amides is 1. The molecule has 0 radical (unpaired) electrons. The Kier molecular flexibility index (Phi) is 3.87. The summed E-state index contributed by atoms with van der Waals surface area (Å²) in [6, 6.07) is 8.24. The molecule has 0 saturated carbocycles. The normalized spacial score (nSPS) is 9.85. The van der Waals surface area contributed by atoms with Crippen molar-refractivity contribution in [2.24, 2.45) is 0 Å². The van der Waals surface area contributed by atoms with Gasteiger partial charge in [-0.2, -0.15) is 5.26 Å². The number of benzene rings is 1. The van der Waals surface area contributed by atoms with E-state index in [1.54, 1.807) is 12.1 Å². The molecular formula is C14H11ClN4O. The lowest BCUT2D eigenvalue weighted by atomic mass is 10.1. The molecule has 0 aliphatic rings. The third kappa shape index (κ3) is 2.87. The number of nitriles is 1. The second kappa shape index (κ2) is 5.59. The average molecular weight is 287 g/mol. The van der Waals surface area contributed by atoms with E-state index in [4.69, 9.17) is 22.6 Å². The molecule has 0 aliphatic heterocycles. The number of aromatic nitrogens is 1. The summed E-state index contributed by atoms with van der Waals surface area (Å²) in [5.74, 6) is -0.376. The fourth-order valence-corrected chi connectivity index (χ4v) is 1.78. The van der Waals surface area contributed by atoms with E-state index in [-0.39, 0.29) is 11.6 Å². The number of hydrogen-bond acceptors (Lipinski definition) is 4. The maximum Gasteiger partial charge on any atom is 0.274 e. The topological polar surface area (TPSA) is 91.8 Å². The predicted octanol–water partition coefficient (Wildman–Crippen LogP) is 2.75. The molecule has 0 atom stereocenters. The van der Waals surface area contributed by atoms with Gasteiger partial charge in [-0.1, -0.05) is 11.6 Å². The summed E-state index contributed by atoms with van der Waals surface area (Å²) in [6.45, 7) is 1.81. The molecule has 100 valence electrons. The lowest BCUT2D eigenvalue weighted by Crippen LogP contribution is -2.14. The van der Waals surface area contributed by atoms with Gasteiger partial charge in [0.15, 0.2) is 0 Å². The number of nitrogens with one attached hydrogen (secondary N) is 1. The molecule has 2 aromatic rings. The molecule has 0 unspecified atom stereocenters. The molecule has 1 aromatic carbocycles. The van der Waals surface area contributed by atoms with Crippen molar-refractivity contribution >= 4 is 28.9 Å². The van der Waals surface area contributed by atoms with Crippen LogP contribution in [0.25, 0.3) is 0 Å². The van der Waals surface area contributed by atoms with Crippen LogP contribution in [0.1, 0.15) is 21.6 Å². The van der Waals surface area contributed by atoms with Crippen LogP contribution in [0, 0.1) is 18.3 Å². The fraction of sp³-hybridized carbons (Fsp3) is 0.0714. The fourth-order valence-electron chi connectivity index (χ4n) is 1.62. The SMILES string of the molecule is Cc1cc(N)c(Cl)cc1NC(=O)c1ccc(C#N)cn1. The second-order valence-electron chi connectivity index (χ2n) is 4.19. The van der Waals surface area contributed by atoms with Crippen molar-refractivity contribution in [3.05, 3.63) is 52.3 Å². The lowest BCUT2D eigenvalue weighted by molar-refractivity contribution is 0.102. The highest BCUT2D eigenvalue weighted by molar-refractivity contribution is 6.33. The van der Waals surface area contributed by atoms with Gasteiger partial charge in [0.2, 0.25) is 0 Å². The number of nitrogens with zero attached hydrogens (tertiary/aromatic N) is 2. The van der Waals surface area contributed by atoms with Gasteiger partial charge >= 0.3 is 0 Å². The Hall–Kier alpha value is -2.58. The van der Waals surface area contributed by atoms with Crippen molar-refractivity contribution in [1.82, 2.24) is 4.98 Å². The summed E-state index contributed by atoms with van der Waals surface area (Å²) in [6.07, 6.45) is 1.34. The third-order valence-corrected chi connectivity index (χ3v) is 3.04. The first-order valence-corrected chi connectivity index (χ1v) is 6.12. The summed E-state index contributed by atoms with van der Waals surface area (Å²) < 4.78 is 0. The average Bonchev–Trinajstić information content (AvgIpc) is 2.44. The molecule has 5 nitrogen and oxygen atoms in total. The largest absolute Gasteiger partial charge is 0.398 e. The maximum atomic E-state index is 12.0. The van der Waals surface area contributed by atoms with Gasteiger partial charge in [-0.25, -0.2) is 4.98 Å². The highest BCUT2D eigenvalue weighted by atomic mass is 35.5. The van der Waals surface area contributed by atoms with Crippen LogP contribution >= 0.6 is 11.6 Å². The van der Waals surface area contributed by atoms with Crippen LogP contribution in [0.2, 0.25) is 5.02 Å². The molecule has 6 heteroatoms. The highest BCUT2D eigenvalue weighted by Crippen LogP contribution is 2.26. The van der Waals surface area contributed by atoms with Crippen LogP contribution in [0.4, 0.5) is 11.4 Å². The standard InChI is InChI=1S/C14H11ClN4O/c1-8-4-11(17)10(15)5-13(8)19-14(20)12-3-2-9(6-16)7-18-12/h2-5,7H,17H2,1H3,(H,19,20). The number of pyridine rings is 1. The van der Waals surface area contributed by atoms with Gasteiger partial charge in [-0.15, -0.1) is 0 Å². The Bertz CT molecular complexity index is 704. The van der Waals surface area contributed by atoms with E-state index < -0.39 is 0 Å². The summed E-state index contributed by atoms with van der Waals surface area (Å²) >= 11 is 5.93. The van der Waals surface area contributed by atoms with E-state index in [0.717, 1.165) is 5.56 Å². The first-order valence-electron chi connectivity index (χ1n) is 5.74. The highest BCUT2D eigenvalue weighted by Gasteiger charge is 2.10. The monoisotopic (exact) mass is 286 g/mol. The number of halogens is 1. The summed E-state index contributed by atoms with van der Waals surface area (Å²) in [5, 5.41) is 11.8. The Labute approximate surface area is 121 Å². The maximum absolute atomic E-state index is 12.0. The zero-order valence-electron chi connectivity index (χ0n) is 10.6. The Morgan fingerprint density at radius 3 is 2.80 bits per heavy atom. The minimum atomic E-state index is -0.376. The van der Waals surface area contributed by atoms with Gasteiger partial charge in [-0.05, 0) is 36.8 Å². The molecule has 0 saturated heterocycles. The predicted molar refractivity (Wildman–Crippen MR) is 77.5 cm³/mol. The van der Waals surface area contributed by atoms with Crippen molar-refractivity contribution in [3.63, 3.8) is 0 Å². The zero-order valence-corrected chi connectivity index (χ0v) is 11.4. The van der Waals surface area contributed by atoms with Crippen LogP contribution in [0.3, 0.4) is 0 Å². The minimum absolute atomic E-state index is 0.219. The Balaban J connectivity index is 2.23. The van der Waals surface area contributed by atoms with E-state index in [2.05, 4.69) is 10.3 Å². The molecule has 1 amide bonds. The van der Waals surface area contributed by atoms with Gasteiger partial charge in [0.1, 0.15) is 11.8 Å². The van der Waals surface area contributed by atoms with E-state index in [0.29, 0.717) is 22.0 Å². The van der Waals surface area contributed by atoms with Crippen molar-refractivity contribution < 1.29 is 4.79 Å². The molecule has 1 heterocycles. The summed E-state index contributed by atoms with van der Waals surface area (Å²) in [7, 11) is 0. The number of aryl methyl sites for hydroxylation is 1. The summed E-state index contributed by atoms with van der Waals surface area (Å²) in [5.41, 5.74) is 8.12. The van der Waals surface area contributed by atoms with Crippen LogP contribution in [-0.4, -0.2) is 10.9 Å². The molecule has 1 aromatic heterocycles. The number of anilines is 2. The van der Waals surface area contributed by atoms with Crippen LogP contribution in [-0.2, 0) is 0 Å². The van der Waals surface area contributed by atoms with E-state index in [1.165, 1.54) is 18.3 Å². The number of rotatable bonds is 2. The van der Waals surface area contributed by atoms with Crippen LogP contribution < -0.4 is 11.1 Å². The molecule has 0 spiro atoms. The lowest BCUT2D eigenvalue weighted by Gasteiger charge is -2.10. The zero-order chi connectivity index (χ0) is 14.7. The van der Waals surface area contributed by atoms with Crippen molar-refractivity contribution in [2.75, 3.05) is 11.1 Å². The van der Waals surface area contributed by atoms with Crippen LogP contribution in [0.5, 0.6) is 0 Å². The second-order valence-corrected chi connectivity index (χ2v) is 4.59. The van der Waals surface area contributed by atoms with E-state index in [9.17, 15) is 4.79 Å². The molecule has 2 rings (SSSR count). The van der Waals surface area contributed by atoms with E-state index >= 15 is 0 Å².